The fourth-order valence-corrected chi connectivity index (χ4v) is 7.81. The molecule has 8 heteroatoms. The first-order valence-corrected chi connectivity index (χ1v) is 20.4. The monoisotopic (exact) mass is 555 g/mol. The van der Waals surface area contributed by atoms with Gasteiger partial charge in [-0.3, -0.25) is 0 Å². The molecular formula is C28H53NO4SSi2. The Kier molecular flexibility index (Phi) is 11.0. The van der Waals surface area contributed by atoms with Gasteiger partial charge in [0.25, 0.3) is 0 Å². The van der Waals surface area contributed by atoms with E-state index in [9.17, 15) is 8.42 Å². The average Bonchev–Trinajstić information content (AvgIpc) is 2.70. The van der Waals surface area contributed by atoms with Crippen molar-refractivity contribution in [1.29, 1.82) is 0 Å². The maximum absolute atomic E-state index is 13.9. The highest BCUT2D eigenvalue weighted by molar-refractivity contribution is 7.89. The fraction of sp³-hybridized carbons (Fsp3) is 0.714. The highest BCUT2D eigenvalue weighted by Gasteiger charge is 2.41. The van der Waals surface area contributed by atoms with Crippen LogP contribution in [0, 0.1) is 0 Å². The van der Waals surface area contributed by atoms with E-state index in [4.69, 9.17) is 8.85 Å². The first-order valence-electron chi connectivity index (χ1n) is 13.1. The van der Waals surface area contributed by atoms with Crippen molar-refractivity contribution in [2.45, 2.75) is 128 Å². The van der Waals surface area contributed by atoms with Gasteiger partial charge in [0.2, 0.25) is 10.0 Å². The topological polar surface area (TPSA) is 55.8 Å². The summed E-state index contributed by atoms with van der Waals surface area (Å²) in [5, 5.41) is 0.154. The van der Waals surface area contributed by atoms with Crippen molar-refractivity contribution in [3.05, 3.63) is 42.5 Å². The van der Waals surface area contributed by atoms with Crippen LogP contribution in [0.4, 0.5) is 0 Å². The standard InChI is InChI=1S/C28H53NO4SSi2/c1-15-16-25(21-32-35(11,12)27(5,6)7)29(22(2)3)34(30,31)26-19-17-24(18-20-26)23(4)33-36(13,14)28(8,9)10/h15,17-20,22-23,25H,1,16,21H2,2-14H3/t23?,25-/m0/s1. The second kappa shape index (κ2) is 12.0. The van der Waals surface area contributed by atoms with Crippen molar-refractivity contribution < 1.29 is 17.3 Å². The second-order valence-corrected chi connectivity index (χ2v) is 24.7. The summed E-state index contributed by atoms with van der Waals surface area (Å²) in [7, 11) is -7.72. The SMILES string of the molecule is C=CC[C@@H](CO[Si](C)(C)C(C)(C)C)N(C(C)C)S(=O)(=O)c1ccc(C(C)O[Si](C)(C)C(C)(C)C)cc1. The van der Waals surface area contributed by atoms with Crippen molar-refractivity contribution in [2.24, 2.45) is 0 Å². The quantitative estimate of drug-likeness (QED) is 0.193. The summed E-state index contributed by atoms with van der Waals surface area (Å²) in [6, 6.07) is 6.66. The molecule has 2 atom stereocenters. The third kappa shape index (κ3) is 8.11. The van der Waals surface area contributed by atoms with Gasteiger partial charge >= 0.3 is 0 Å². The Hall–Kier alpha value is -0.776. The molecule has 0 spiro atoms. The summed E-state index contributed by atoms with van der Waals surface area (Å²) in [6.45, 7) is 32.2. The maximum Gasteiger partial charge on any atom is 0.243 e. The number of hydrogen-bond donors (Lipinski definition) is 0. The van der Waals surface area contributed by atoms with Crippen molar-refractivity contribution in [1.82, 2.24) is 4.31 Å². The lowest BCUT2D eigenvalue weighted by Crippen LogP contribution is -2.50. The zero-order valence-electron chi connectivity index (χ0n) is 25.2. The zero-order valence-corrected chi connectivity index (χ0v) is 28.0. The highest BCUT2D eigenvalue weighted by Crippen LogP contribution is 2.40. The summed E-state index contributed by atoms with van der Waals surface area (Å²) in [6.07, 6.45) is 2.21. The molecule has 0 amide bonds. The van der Waals surface area contributed by atoms with Gasteiger partial charge in [0.1, 0.15) is 0 Å². The van der Waals surface area contributed by atoms with E-state index in [0.717, 1.165) is 5.56 Å². The van der Waals surface area contributed by atoms with Crippen LogP contribution in [0.5, 0.6) is 0 Å². The number of rotatable bonds is 12. The Morgan fingerprint density at radius 1 is 0.917 bits per heavy atom. The predicted octanol–water partition coefficient (Wildman–Crippen LogP) is 8.14. The maximum atomic E-state index is 13.9. The Balaban J connectivity index is 3.26. The van der Waals surface area contributed by atoms with Crippen molar-refractivity contribution in [2.75, 3.05) is 6.61 Å². The van der Waals surface area contributed by atoms with Gasteiger partial charge in [0, 0.05) is 6.04 Å². The summed E-state index contributed by atoms with van der Waals surface area (Å²) in [4.78, 5) is 0.292. The van der Waals surface area contributed by atoms with Gasteiger partial charge in [-0.1, -0.05) is 59.8 Å². The Morgan fingerprint density at radius 2 is 1.39 bits per heavy atom. The summed E-state index contributed by atoms with van der Waals surface area (Å²) < 4.78 is 42.3. The molecule has 0 bridgehead atoms. The summed E-state index contributed by atoms with van der Waals surface area (Å²) >= 11 is 0. The lowest BCUT2D eigenvalue weighted by Gasteiger charge is -2.40. The highest BCUT2D eigenvalue weighted by atomic mass is 32.2. The lowest BCUT2D eigenvalue weighted by atomic mass is 10.1. The number of hydrogen-bond acceptors (Lipinski definition) is 4. The van der Waals surface area contributed by atoms with Crippen molar-refractivity contribution in [3.8, 4) is 0 Å². The number of sulfonamides is 1. The minimum absolute atomic E-state index is 0.0479. The number of nitrogens with zero attached hydrogens (tertiary/aromatic N) is 1. The molecule has 0 aliphatic rings. The Labute approximate surface area is 225 Å². The van der Waals surface area contributed by atoms with Crippen LogP contribution in [0.3, 0.4) is 0 Å². The van der Waals surface area contributed by atoms with E-state index < -0.39 is 26.7 Å². The van der Waals surface area contributed by atoms with E-state index in [2.05, 4.69) is 74.3 Å². The second-order valence-electron chi connectivity index (χ2n) is 13.3. The molecule has 1 unspecified atom stereocenters. The van der Waals surface area contributed by atoms with E-state index >= 15 is 0 Å². The van der Waals surface area contributed by atoms with Crippen LogP contribution in [-0.2, 0) is 18.9 Å². The predicted molar refractivity (Wildman–Crippen MR) is 159 cm³/mol. The van der Waals surface area contributed by atoms with Crippen LogP contribution in [0.15, 0.2) is 41.8 Å². The minimum Gasteiger partial charge on any atom is -0.415 e. The van der Waals surface area contributed by atoms with E-state index in [1.54, 1.807) is 22.5 Å². The van der Waals surface area contributed by atoms with Gasteiger partial charge in [-0.05, 0) is 81.2 Å². The molecule has 0 saturated heterocycles. The van der Waals surface area contributed by atoms with E-state index in [0.29, 0.717) is 17.9 Å². The molecule has 1 rings (SSSR count). The molecule has 0 aliphatic carbocycles. The fourth-order valence-electron chi connectivity index (χ4n) is 3.57. The van der Waals surface area contributed by atoms with Crippen LogP contribution < -0.4 is 0 Å². The normalized spacial score (nSPS) is 15.9. The van der Waals surface area contributed by atoms with E-state index in [-0.39, 0.29) is 28.3 Å². The van der Waals surface area contributed by atoms with Crippen LogP contribution in [0.1, 0.15) is 80.4 Å². The molecular weight excluding hydrogens is 503 g/mol. The molecule has 0 aliphatic heterocycles. The first-order chi connectivity index (χ1) is 16.1. The van der Waals surface area contributed by atoms with Gasteiger partial charge in [0.05, 0.1) is 23.6 Å². The third-order valence-electron chi connectivity index (χ3n) is 7.95. The van der Waals surface area contributed by atoms with Gasteiger partial charge in [0.15, 0.2) is 16.6 Å². The van der Waals surface area contributed by atoms with Gasteiger partial charge in [-0.25, -0.2) is 8.42 Å². The van der Waals surface area contributed by atoms with Crippen LogP contribution in [-0.4, -0.2) is 48.0 Å². The molecule has 0 fully saturated rings. The van der Waals surface area contributed by atoms with Crippen LogP contribution >= 0.6 is 0 Å². The first kappa shape index (κ1) is 33.3. The van der Waals surface area contributed by atoms with Crippen LogP contribution in [0.2, 0.25) is 36.3 Å². The molecule has 5 nitrogen and oxygen atoms in total. The molecule has 1 aromatic carbocycles. The summed E-state index contributed by atoms with van der Waals surface area (Å²) in [5.41, 5.74) is 0.985. The van der Waals surface area contributed by atoms with Gasteiger partial charge in [-0.15, -0.1) is 6.58 Å². The minimum atomic E-state index is -3.74. The largest absolute Gasteiger partial charge is 0.415 e. The molecule has 0 heterocycles. The number of benzene rings is 1. The van der Waals surface area contributed by atoms with E-state index in [1.165, 1.54) is 0 Å². The lowest BCUT2D eigenvalue weighted by molar-refractivity contribution is 0.172. The Bertz CT molecular complexity index is 959. The summed E-state index contributed by atoms with van der Waals surface area (Å²) in [5.74, 6) is 0. The smallest absolute Gasteiger partial charge is 0.243 e. The molecule has 208 valence electrons. The van der Waals surface area contributed by atoms with Crippen LogP contribution in [0.25, 0.3) is 0 Å². The molecule has 0 radical (unpaired) electrons. The zero-order chi connectivity index (χ0) is 28.3. The molecule has 0 aromatic heterocycles. The third-order valence-corrected chi connectivity index (χ3v) is 19.2. The average molecular weight is 556 g/mol. The van der Waals surface area contributed by atoms with E-state index in [1.807, 2.05) is 32.9 Å². The van der Waals surface area contributed by atoms with Crippen molar-refractivity contribution >= 4 is 26.7 Å². The van der Waals surface area contributed by atoms with Gasteiger partial charge in [-0.2, -0.15) is 4.31 Å². The molecule has 1 aromatic rings. The molecule has 0 saturated carbocycles. The molecule has 36 heavy (non-hydrogen) atoms. The Morgan fingerprint density at radius 3 is 1.78 bits per heavy atom. The van der Waals surface area contributed by atoms with Gasteiger partial charge < -0.3 is 8.85 Å². The molecule has 0 N–H and O–H groups in total. The van der Waals surface area contributed by atoms with Crippen molar-refractivity contribution in [3.63, 3.8) is 0 Å².